The Labute approximate surface area is 143 Å². The van der Waals surface area contributed by atoms with E-state index in [2.05, 4.69) is 20.6 Å². The Balaban J connectivity index is 1.65. The maximum atomic E-state index is 12.6. The molecule has 7 heteroatoms. The van der Waals surface area contributed by atoms with Gasteiger partial charge in [-0.3, -0.25) is 9.59 Å². The average molecular weight is 336 g/mol. The number of aromatic amines is 1. The second kappa shape index (κ2) is 5.94. The molecule has 0 aliphatic carbocycles. The van der Waals surface area contributed by atoms with Crippen LogP contribution in [0.3, 0.4) is 0 Å². The van der Waals surface area contributed by atoms with Gasteiger partial charge < -0.3 is 20.4 Å². The maximum absolute atomic E-state index is 12.6. The molecule has 0 spiro atoms. The van der Waals surface area contributed by atoms with Gasteiger partial charge in [-0.25, -0.2) is 4.98 Å². The van der Waals surface area contributed by atoms with Crippen molar-refractivity contribution in [3.05, 3.63) is 47.8 Å². The van der Waals surface area contributed by atoms with Gasteiger partial charge in [-0.15, -0.1) is 0 Å². The molecule has 7 nitrogen and oxygen atoms in total. The molecule has 2 heterocycles. The number of nitrogens with zero attached hydrogens (tertiary/aromatic N) is 1. The van der Waals surface area contributed by atoms with Crippen molar-refractivity contribution >= 4 is 34.2 Å². The summed E-state index contributed by atoms with van der Waals surface area (Å²) in [5, 5.41) is 5.68. The number of hydrogen-bond donors (Lipinski definition) is 3. The number of rotatable bonds is 3. The SMILES string of the molecule is COc1cc2c(cc1NC(=O)c1ccc3nc[nH]c3c1)NC(=O)CC2. The molecule has 1 aromatic heterocycles. The molecular weight excluding hydrogens is 320 g/mol. The number of aromatic nitrogens is 2. The Morgan fingerprint density at radius 1 is 1.24 bits per heavy atom. The third kappa shape index (κ3) is 2.80. The first-order valence-electron chi connectivity index (χ1n) is 7.89. The molecule has 3 N–H and O–H groups in total. The summed E-state index contributed by atoms with van der Waals surface area (Å²) in [5.74, 6) is 0.266. The van der Waals surface area contributed by atoms with E-state index in [1.165, 1.54) is 0 Å². The van der Waals surface area contributed by atoms with E-state index in [4.69, 9.17) is 4.74 Å². The van der Waals surface area contributed by atoms with Crippen LogP contribution in [0, 0.1) is 0 Å². The molecule has 0 unspecified atom stereocenters. The zero-order valence-corrected chi connectivity index (χ0v) is 13.6. The summed E-state index contributed by atoms with van der Waals surface area (Å²) in [7, 11) is 1.55. The molecule has 1 aliphatic rings. The molecule has 126 valence electrons. The lowest BCUT2D eigenvalue weighted by molar-refractivity contribution is -0.116. The van der Waals surface area contributed by atoms with Crippen LogP contribution in [0.15, 0.2) is 36.7 Å². The van der Waals surface area contributed by atoms with E-state index in [0.29, 0.717) is 35.5 Å². The van der Waals surface area contributed by atoms with Gasteiger partial charge in [-0.05, 0) is 42.3 Å². The number of carbonyl (C=O) groups is 2. The fourth-order valence-electron chi connectivity index (χ4n) is 2.94. The number of benzene rings is 2. The van der Waals surface area contributed by atoms with Crippen molar-refractivity contribution in [1.29, 1.82) is 0 Å². The Bertz CT molecular complexity index is 993. The monoisotopic (exact) mass is 336 g/mol. The van der Waals surface area contributed by atoms with Crippen LogP contribution in [-0.2, 0) is 11.2 Å². The third-order valence-corrected chi connectivity index (χ3v) is 4.25. The predicted octanol–water partition coefficient (Wildman–Crippen LogP) is 2.71. The number of amides is 2. The predicted molar refractivity (Wildman–Crippen MR) is 94.0 cm³/mol. The molecule has 0 saturated carbocycles. The minimum atomic E-state index is -0.267. The van der Waals surface area contributed by atoms with Gasteiger partial charge in [-0.1, -0.05) is 0 Å². The molecule has 0 bridgehead atoms. The molecule has 0 radical (unpaired) electrons. The summed E-state index contributed by atoms with van der Waals surface area (Å²) in [5.41, 5.74) is 4.30. The van der Waals surface area contributed by atoms with Crippen molar-refractivity contribution in [1.82, 2.24) is 9.97 Å². The van der Waals surface area contributed by atoms with Gasteiger partial charge in [0.1, 0.15) is 5.75 Å². The highest BCUT2D eigenvalue weighted by molar-refractivity contribution is 6.07. The van der Waals surface area contributed by atoms with Crippen LogP contribution in [0.4, 0.5) is 11.4 Å². The molecule has 25 heavy (non-hydrogen) atoms. The minimum absolute atomic E-state index is 0.0281. The second-order valence-corrected chi connectivity index (χ2v) is 5.85. The van der Waals surface area contributed by atoms with Crippen LogP contribution < -0.4 is 15.4 Å². The first-order valence-corrected chi connectivity index (χ1v) is 7.89. The Morgan fingerprint density at radius 2 is 2.12 bits per heavy atom. The lowest BCUT2D eigenvalue weighted by Gasteiger charge is -2.20. The molecule has 0 atom stereocenters. The number of aryl methyl sites for hydroxylation is 1. The summed E-state index contributed by atoms with van der Waals surface area (Å²) in [6.07, 6.45) is 2.69. The number of nitrogens with one attached hydrogen (secondary N) is 3. The van der Waals surface area contributed by atoms with E-state index < -0.39 is 0 Å². The number of imidazole rings is 1. The van der Waals surface area contributed by atoms with Gasteiger partial charge in [0.15, 0.2) is 0 Å². The number of methoxy groups -OCH3 is 1. The average Bonchev–Trinajstić information content (AvgIpc) is 3.08. The fourth-order valence-corrected chi connectivity index (χ4v) is 2.94. The van der Waals surface area contributed by atoms with Gasteiger partial charge in [0, 0.05) is 17.7 Å². The minimum Gasteiger partial charge on any atom is -0.495 e. The van der Waals surface area contributed by atoms with Gasteiger partial charge in [0.2, 0.25) is 5.91 Å². The van der Waals surface area contributed by atoms with E-state index in [-0.39, 0.29) is 11.8 Å². The first kappa shape index (κ1) is 15.2. The van der Waals surface area contributed by atoms with Crippen molar-refractivity contribution in [2.45, 2.75) is 12.8 Å². The van der Waals surface area contributed by atoms with Crippen LogP contribution in [0.5, 0.6) is 5.75 Å². The summed E-state index contributed by atoms with van der Waals surface area (Å²) >= 11 is 0. The van der Waals surface area contributed by atoms with Crippen molar-refractivity contribution in [2.75, 3.05) is 17.7 Å². The molecule has 1 aliphatic heterocycles. The summed E-state index contributed by atoms with van der Waals surface area (Å²) in [6, 6.07) is 8.82. The number of anilines is 2. The molecular formula is C18H16N4O3. The van der Waals surface area contributed by atoms with Crippen molar-refractivity contribution in [2.24, 2.45) is 0 Å². The van der Waals surface area contributed by atoms with Gasteiger partial charge in [-0.2, -0.15) is 0 Å². The summed E-state index contributed by atoms with van der Waals surface area (Å²) < 4.78 is 5.39. The number of H-pyrrole nitrogens is 1. The fraction of sp³-hybridized carbons (Fsp3) is 0.167. The second-order valence-electron chi connectivity index (χ2n) is 5.85. The van der Waals surface area contributed by atoms with Gasteiger partial charge in [0.05, 0.1) is 30.2 Å². The zero-order valence-electron chi connectivity index (χ0n) is 13.6. The van der Waals surface area contributed by atoms with Crippen LogP contribution >= 0.6 is 0 Å². The molecule has 0 fully saturated rings. The van der Waals surface area contributed by atoms with E-state index in [1.54, 1.807) is 37.7 Å². The van der Waals surface area contributed by atoms with E-state index >= 15 is 0 Å². The number of ether oxygens (including phenoxy) is 1. The quantitative estimate of drug-likeness (QED) is 0.685. The van der Waals surface area contributed by atoms with Crippen molar-refractivity contribution in [3.63, 3.8) is 0 Å². The van der Waals surface area contributed by atoms with E-state index in [1.807, 2.05) is 6.07 Å². The molecule has 4 rings (SSSR count). The first-order chi connectivity index (χ1) is 12.1. The van der Waals surface area contributed by atoms with E-state index in [0.717, 1.165) is 16.6 Å². The lowest BCUT2D eigenvalue weighted by atomic mass is 10.0. The highest BCUT2D eigenvalue weighted by Crippen LogP contribution is 2.34. The van der Waals surface area contributed by atoms with Crippen LogP contribution in [0.2, 0.25) is 0 Å². The normalized spacial score (nSPS) is 13.2. The Hall–Kier alpha value is -3.35. The van der Waals surface area contributed by atoms with Gasteiger partial charge in [0.25, 0.3) is 5.91 Å². The summed E-state index contributed by atoms with van der Waals surface area (Å²) in [4.78, 5) is 31.3. The topological polar surface area (TPSA) is 96.1 Å². The van der Waals surface area contributed by atoms with Gasteiger partial charge >= 0.3 is 0 Å². The largest absolute Gasteiger partial charge is 0.495 e. The van der Waals surface area contributed by atoms with Crippen LogP contribution in [-0.4, -0.2) is 28.9 Å². The van der Waals surface area contributed by atoms with E-state index in [9.17, 15) is 9.59 Å². The Kier molecular flexibility index (Phi) is 3.61. The molecule has 2 amide bonds. The van der Waals surface area contributed by atoms with Crippen LogP contribution in [0.25, 0.3) is 11.0 Å². The standard InChI is InChI=1S/C18H16N4O3/c1-25-16-7-10-3-5-17(23)21-13(10)8-15(16)22-18(24)11-2-4-12-14(6-11)20-9-19-12/h2,4,6-9H,3,5H2,1H3,(H,19,20)(H,21,23)(H,22,24). The maximum Gasteiger partial charge on any atom is 0.255 e. The number of carbonyl (C=O) groups excluding carboxylic acids is 2. The zero-order chi connectivity index (χ0) is 17.4. The van der Waals surface area contributed by atoms with Crippen molar-refractivity contribution in [3.8, 4) is 5.75 Å². The lowest BCUT2D eigenvalue weighted by Crippen LogP contribution is -2.20. The van der Waals surface area contributed by atoms with Crippen molar-refractivity contribution < 1.29 is 14.3 Å². The number of fused-ring (bicyclic) bond motifs is 2. The smallest absolute Gasteiger partial charge is 0.255 e. The molecule has 0 saturated heterocycles. The molecule has 3 aromatic rings. The van der Waals surface area contributed by atoms with Crippen LogP contribution in [0.1, 0.15) is 22.3 Å². The summed E-state index contributed by atoms with van der Waals surface area (Å²) in [6.45, 7) is 0. The Morgan fingerprint density at radius 3 is 2.96 bits per heavy atom. The third-order valence-electron chi connectivity index (χ3n) is 4.25. The highest BCUT2D eigenvalue weighted by atomic mass is 16.5. The highest BCUT2D eigenvalue weighted by Gasteiger charge is 2.19. The molecule has 2 aromatic carbocycles. The number of hydrogen-bond acceptors (Lipinski definition) is 4.